The van der Waals surface area contributed by atoms with Gasteiger partial charge in [0.05, 0.1) is 24.4 Å². The van der Waals surface area contributed by atoms with Gasteiger partial charge in [0.1, 0.15) is 12.4 Å². The number of carbonyl (C=O) groups excluding carboxylic acids is 2. The second-order valence-corrected chi connectivity index (χ2v) is 10.1. The van der Waals surface area contributed by atoms with Crippen LogP contribution in [0.3, 0.4) is 0 Å². The fraction of sp³-hybridized carbons (Fsp3) is 0.630. The molecule has 7 nitrogen and oxygen atoms in total. The van der Waals surface area contributed by atoms with Gasteiger partial charge in [-0.2, -0.15) is 0 Å². The van der Waals surface area contributed by atoms with E-state index in [1.807, 2.05) is 30.3 Å². The lowest BCUT2D eigenvalue weighted by atomic mass is 9.80. The minimum absolute atomic E-state index is 0.250. The number of benzene rings is 1. The van der Waals surface area contributed by atoms with Crippen molar-refractivity contribution in [1.82, 2.24) is 0 Å². The van der Waals surface area contributed by atoms with Gasteiger partial charge in [0, 0.05) is 45.1 Å². The molecule has 1 spiro atoms. The van der Waals surface area contributed by atoms with Gasteiger partial charge in [-0.25, -0.2) is 0 Å². The highest BCUT2D eigenvalue weighted by Crippen LogP contribution is 2.45. The largest absolute Gasteiger partial charge is 0.462 e. The number of aldehydes is 1. The molecule has 0 aliphatic carbocycles. The van der Waals surface area contributed by atoms with E-state index in [4.69, 9.17) is 18.9 Å². The van der Waals surface area contributed by atoms with E-state index in [1.165, 1.54) is 6.92 Å². The number of esters is 1. The van der Waals surface area contributed by atoms with Crippen molar-refractivity contribution in [2.24, 2.45) is 5.92 Å². The third-order valence-corrected chi connectivity index (χ3v) is 6.51. The second-order valence-electron chi connectivity index (χ2n) is 10.1. The lowest BCUT2D eigenvalue weighted by Crippen LogP contribution is -2.58. The Morgan fingerprint density at radius 1 is 1.26 bits per heavy atom. The van der Waals surface area contributed by atoms with Gasteiger partial charge in [-0.05, 0) is 25.3 Å². The fourth-order valence-corrected chi connectivity index (χ4v) is 5.01. The summed E-state index contributed by atoms with van der Waals surface area (Å²) in [7, 11) is 0. The van der Waals surface area contributed by atoms with Gasteiger partial charge in [-0.3, -0.25) is 4.79 Å². The zero-order valence-corrected chi connectivity index (χ0v) is 20.5. The van der Waals surface area contributed by atoms with Crippen molar-refractivity contribution in [3.05, 3.63) is 48.0 Å². The molecule has 0 aromatic heterocycles. The van der Waals surface area contributed by atoms with Crippen LogP contribution in [0.4, 0.5) is 0 Å². The maximum Gasteiger partial charge on any atom is 0.302 e. The molecule has 0 unspecified atom stereocenters. The van der Waals surface area contributed by atoms with Gasteiger partial charge < -0.3 is 28.8 Å². The monoisotopic (exact) mass is 474 g/mol. The Labute approximate surface area is 202 Å². The van der Waals surface area contributed by atoms with Gasteiger partial charge in [0.2, 0.25) is 0 Å². The van der Waals surface area contributed by atoms with E-state index >= 15 is 0 Å². The first-order chi connectivity index (χ1) is 16.1. The highest BCUT2D eigenvalue weighted by molar-refractivity contribution is 5.66. The van der Waals surface area contributed by atoms with Crippen LogP contribution in [0.2, 0.25) is 0 Å². The number of carbonyl (C=O) groups is 2. The molecule has 2 heterocycles. The maximum absolute atomic E-state index is 11.7. The van der Waals surface area contributed by atoms with E-state index in [-0.39, 0.29) is 36.6 Å². The zero-order valence-electron chi connectivity index (χ0n) is 20.5. The van der Waals surface area contributed by atoms with Gasteiger partial charge in [0.25, 0.3) is 0 Å². The molecule has 0 amide bonds. The van der Waals surface area contributed by atoms with Crippen LogP contribution in [0, 0.1) is 5.92 Å². The Morgan fingerprint density at radius 2 is 1.97 bits per heavy atom. The van der Waals surface area contributed by atoms with Crippen molar-refractivity contribution in [3.63, 3.8) is 0 Å². The Hall–Kier alpha value is -2.06. The quantitative estimate of drug-likeness (QED) is 0.236. The van der Waals surface area contributed by atoms with Crippen molar-refractivity contribution in [1.29, 1.82) is 0 Å². The highest BCUT2D eigenvalue weighted by atomic mass is 16.7. The molecule has 2 aliphatic heterocycles. The minimum atomic E-state index is -1.08. The first kappa shape index (κ1) is 26.5. The van der Waals surface area contributed by atoms with Crippen LogP contribution in [-0.2, 0) is 35.1 Å². The summed E-state index contributed by atoms with van der Waals surface area (Å²) < 4.78 is 24.3. The van der Waals surface area contributed by atoms with Crippen molar-refractivity contribution in [2.45, 2.75) is 95.6 Å². The topological polar surface area (TPSA) is 91.3 Å². The molecule has 6 atom stereocenters. The first-order valence-corrected chi connectivity index (χ1v) is 12.1. The van der Waals surface area contributed by atoms with Crippen molar-refractivity contribution in [2.75, 3.05) is 6.61 Å². The molecule has 0 saturated carbocycles. The average molecular weight is 475 g/mol. The second kappa shape index (κ2) is 11.6. The van der Waals surface area contributed by atoms with E-state index in [0.717, 1.165) is 17.4 Å². The molecular formula is C27H38O7. The van der Waals surface area contributed by atoms with Crippen LogP contribution in [-0.4, -0.2) is 53.7 Å². The molecule has 188 valence electrons. The molecular weight excluding hydrogens is 436 g/mol. The van der Waals surface area contributed by atoms with Crippen LogP contribution in [0.1, 0.15) is 64.9 Å². The van der Waals surface area contributed by atoms with Crippen LogP contribution < -0.4 is 0 Å². The standard InChI is InChI=1S/C27H38O7/c1-19(20(2)16-28)12-25-14-26(4,30)18-27(34-25)15-24(32-21(3)29)13-23(33-27)10-11-31-17-22-8-6-5-7-9-22/h5-9,16,20,23-25,30H,1,10-15,17-18H2,2-4H3/t20-,23+,24+,25+,26+,27-/m1/s1. The van der Waals surface area contributed by atoms with Crippen LogP contribution in [0.25, 0.3) is 0 Å². The molecule has 3 rings (SSSR count). The molecule has 2 saturated heterocycles. The summed E-state index contributed by atoms with van der Waals surface area (Å²) in [5, 5.41) is 11.1. The summed E-state index contributed by atoms with van der Waals surface area (Å²) >= 11 is 0. The molecule has 2 fully saturated rings. The van der Waals surface area contributed by atoms with Crippen molar-refractivity contribution in [3.8, 4) is 0 Å². The van der Waals surface area contributed by atoms with E-state index in [2.05, 4.69) is 6.58 Å². The maximum atomic E-state index is 11.7. The van der Waals surface area contributed by atoms with E-state index < -0.39 is 11.4 Å². The SMILES string of the molecule is C=C(C[C@H]1C[C@](C)(O)C[C@@]2(C[C@@H](OC(C)=O)C[C@H](CCOCc3ccccc3)O2)O1)[C@H](C)C=O. The van der Waals surface area contributed by atoms with Gasteiger partial charge in [0.15, 0.2) is 5.79 Å². The predicted octanol–water partition coefficient (Wildman–Crippen LogP) is 4.11. The number of aliphatic hydroxyl groups is 1. The normalized spacial score (nSPS) is 32.2. The third-order valence-electron chi connectivity index (χ3n) is 6.51. The molecule has 1 aromatic rings. The minimum Gasteiger partial charge on any atom is -0.462 e. The number of hydrogen-bond donors (Lipinski definition) is 1. The van der Waals surface area contributed by atoms with Crippen LogP contribution >= 0.6 is 0 Å². The Morgan fingerprint density at radius 3 is 2.65 bits per heavy atom. The average Bonchev–Trinajstić information content (AvgIpc) is 2.74. The lowest BCUT2D eigenvalue weighted by molar-refractivity contribution is -0.350. The summed E-state index contributed by atoms with van der Waals surface area (Å²) in [4.78, 5) is 22.9. The zero-order chi connectivity index (χ0) is 24.8. The molecule has 34 heavy (non-hydrogen) atoms. The van der Waals surface area contributed by atoms with Gasteiger partial charge in [-0.15, -0.1) is 0 Å². The molecule has 1 aromatic carbocycles. The van der Waals surface area contributed by atoms with Crippen molar-refractivity contribution >= 4 is 12.3 Å². The molecule has 0 bridgehead atoms. The van der Waals surface area contributed by atoms with E-state index in [0.29, 0.717) is 45.3 Å². The summed E-state index contributed by atoms with van der Waals surface area (Å²) in [6.45, 7) is 9.98. The fourth-order valence-electron chi connectivity index (χ4n) is 5.01. The van der Waals surface area contributed by atoms with Crippen LogP contribution in [0.15, 0.2) is 42.5 Å². The highest BCUT2D eigenvalue weighted by Gasteiger charge is 2.52. The number of ether oxygens (including phenoxy) is 4. The summed E-state index contributed by atoms with van der Waals surface area (Å²) in [6, 6.07) is 9.95. The molecule has 2 aliphatic rings. The summed E-state index contributed by atoms with van der Waals surface area (Å²) in [6.07, 6.45) is 2.50. The smallest absolute Gasteiger partial charge is 0.302 e. The third kappa shape index (κ3) is 7.73. The van der Waals surface area contributed by atoms with E-state index in [1.54, 1.807) is 13.8 Å². The molecule has 7 heteroatoms. The van der Waals surface area contributed by atoms with Gasteiger partial charge >= 0.3 is 5.97 Å². The predicted molar refractivity (Wildman–Crippen MR) is 127 cm³/mol. The molecule has 1 N–H and O–H groups in total. The Bertz CT molecular complexity index is 837. The summed E-state index contributed by atoms with van der Waals surface area (Å²) in [5.41, 5.74) is 0.826. The Balaban J connectivity index is 1.68. The summed E-state index contributed by atoms with van der Waals surface area (Å²) in [5.74, 6) is -1.73. The number of rotatable bonds is 10. The lowest BCUT2D eigenvalue weighted by Gasteiger charge is -2.52. The van der Waals surface area contributed by atoms with Gasteiger partial charge in [-0.1, -0.05) is 49.4 Å². The van der Waals surface area contributed by atoms with Crippen molar-refractivity contribution < 1.29 is 33.6 Å². The van der Waals surface area contributed by atoms with Crippen LogP contribution in [0.5, 0.6) is 0 Å². The van der Waals surface area contributed by atoms with E-state index in [9.17, 15) is 14.7 Å². The number of hydrogen-bond acceptors (Lipinski definition) is 7. The Kier molecular flexibility index (Phi) is 9.04. The molecule has 0 radical (unpaired) electrons. The first-order valence-electron chi connectivity index (χ1n) is 12.1.